The first-order valence-electron chi connectivity index (χ1n) is 5.37. The van der Waals surface area contributed by atoms with E-state index in [4.69, 9.17) is 16.7 Å². The first-order chi connectivity index (χ1) is 8.90. The van der Waals surface area contributed by atoms with E-state index in [2.05, 4.69) is 5.32 Å². The molecule has 0 aromatic heterocycles. The van der Waals surface area contributed by atoms with Crippen molar-refractivity contribution in [1.82, 2.24) is 0 Å². The Labute approximate surface area is 112 Å². The minimum Gasteiger partial charge on any atom is -0.481 e. The van der Waals surface area contributed by atoms with Crippen molar-refractivity contribution < 1.29 is 19.6 Å². The van der Waals surface area contributed by atoms with E-state index >= 15 is 0 Å². The number of carbonyl (C=O) groups is 2. The predicted octanol–water partition coefficient (Wildman–Crippen LogP) is 1.91. The van der Waals surface area contributed by atoms with Crippen LogP contribution in [-0.4, -0.2) is 21.9 Å². The van der Waals surface area contributed by atoms with Crippen LogP contribution < -0.4 is 5.32 Å². The molecule has 1 aliphatic carbocycles. The van der Waals surface area contributed by atoms with E-state index in [1.807, 2.05) is 0 Å². The standard InChI is InChI=1S/C11H9ClN2O5/c12-5-1-2-8(9(3-5)14(18)19)13-10(15)6-4-7(6)11(16)17/h1-3,6-7H,4H2,(H,13,15)(H,16,17). The lowest BCUT2D eigenvalue weighted by molar-refractivity contribution is -0.383. The van der Waals surface area contributed by atoms with Crippen molar-refractivity contribution in [3.63, 3.8) is 0 Å². The van der Waals surface area contributed by atoms with E-state index in [1.54, 1.807) is 0 Å². The van der Waals surface area contributed by atoms with Crippen LogP contribution in [0.5, 0.6) is 0 Å². The Hall–Kier alpha value is -2.15. The maximum atomic E-state index is 11.7. The van der Waals surface area contributed by atoms with Crippen LogP contribution in [-0.2, 0) is 9.59 Å². The van der Waals surface area contributed by atoms with Crippen molar-refractivity contribution in [3.8, 4) is 0 Å². The van der Waals surface area contributed by atoms with Crippen molar-refractivity contribution in [2.24, 2.45) is 11.8 Å². The van der Waals surface area contributed by atoms with E-state index in [0.717, 1.165) is 6.07 Å². The van der Waals surface area contributed by atoms with Crippen LogP contribution in [0.2, 0.25) is 5.02 Å². The zero-order valence-electron chi connectivity index (χ0n) is 9.50. The SMILES string of the molecule is O=C(O)C1CC1C(=O)Nc1ccc(Cl)cc1[N+](=O)[O-]. The molecule has 0 bridgehead atoms. The second-order valence-electron chi connectivity index (χ2n) is 4.19. The summed E-state index contributed by atoms with van der Waals surface area (Å²) in [5, 5.41) is 22.1. The zero-order chi connectivity index (χ0) is 14.2. The molecule has 0 saturated heterocycles. The maximum Gasteiger partial charge on any atom is 0.307 e. The number of carboxylic acids is 1. The van der Waals surface area contributed by atoms with Crippen molar-refractivity contribution >= 4 is 34.9 Å². The van der Waals surface area contributed by atoms with Gasteiger partial charge in [0.25, 0.3) is 5.69 Å². The molecule has 0 radical (unpaired) electrons. The number of halogens is 1. The number of hydrogen-bond acceptors (Lipinski definition) is 4. The van der Waals surface area contributed by atoms with Crippen molar-refractivity contribution in [3.05, 3.63) is 33.3 Å². The molecule has 1 aromatic carbocycles. The molecule has 8 heteroatoms. The van der Waals surface area contributed by atoms with Gasteiger partial charge in [-0.25, -0.2) is 0 Å². The molecule has 1 saturated carbocycles. The maximum absolute atomic E-state index is 11.7. The van der Waals surface area contributed by atoms with Gasteiger partial charge in [0.05, 0.1) is 16.8 Å². The Morgan fingerprint density at radius 3 is 2.63 bits per heavy atom. The minimum atomic E-state index is -1.04. The Morgan fingerprint density at radius 1 is 1.42 bits per heavy atom. The Balaban J connectivity index is 2.14. The smallest absolute Gasteiger partial charge is 0.307 e. The monoisotopic (exact) mass is 284 g/mol. The molecular formula is C11H9ClN2O5. The van der Waals surface area contributed by atoms with Crippen LogP contribution in [0, 0.1) is 22.0 Å². The van der Waals surface area contributed by atoms with Gasteiger partial charge in [0.2, 0.25) is 5.91 Å². The summed E-state index contributed by atoms with van der Waals surface area (Å²) < 4.78 is 0. The lowest BCUT2D eigenvalue weighted by Gasteiger charge is -2.05. The van der Waals surface area contributed by atoms with Gasteiger partial charge in [0, 0.05) is 11.1 Å². The molecule has 1 aliphatic rings. The molecule has 1 aromatic rings. The first kappa shape index (κ1) is 13.3. The van der Waals surface area contributed by atoms with Gasteiger partial charge in [0.15, 0.2) is 0 Å². The predicted molar refractivity (Wildman–Crippen MR) is 66.0 cm³/mol. The number of carbonyl (C=O) groups excluding carboxylic acids is 1. The number of hydrogen-bond donors (Lipinski definition) is 2. The molecule has 7 nitrogen and oxygen atoms in total. The Bertz CT molecular complexity index is 574. The van der Waals surface area contributed by atoms with E-state index in [9.17, 15) is 19.7 Å². The van der Waals surface area contributed by atoms with E-state index in [0.29, 0.717) is 0 Å². The summed E-state index contributed by atoms with van der Waals surface area (Å²) in [4.78, 5) is 32.5. The number of anilines is 1. The van der Waals surface area contributed by atoms with Crippen LogP contribution in [0.1, 0.15) is 6.42 Å². The van der Waals surface area contributed by atoms with Crippen molar-refractivity contribution in [2.75, 3.05) is 5.32 Å². The molecule has 2 N–H and O–H groups in total. The third kappa shape index (κ3) is 2.82. The van der Waals surface area contributed by atoms with Gasteiger partial charge in [-0.15, -0.1) is 0 Å². The second kappa shape index (κ2) is 4.85. The van der Waals surface area contributed by atoms with Crippen LogP contribution in [0.15, 0.2) is 18.2 Å². The number of benzene rings is 1. The van der Waals surface area contributed by atoms with Crippen LogP contribution in [0.25, 0.3) is 0 Å². The highest BCUT2D eigenvalue weighted by Crippen LogP contribution is 2.40. The fourth-order valence-corrected chi connectivity index (χ4v) is 1.91. The minimum absolute atomic E-state index is 0.00967. The number of rotatable bonds is 4. The number of aliphatic carboxylic acids is 1. The van der Waals surface area contributed by atoms with Crippen LogP contribution in [0.3, 0.4) is 0 Å². The van der Waals surface area contributed by atoms with Crippen molar-refractivity contribution in [1.29, 1.82) is 0 Å². The summed E-state index contributed by atoms with van der Waals surface area (Å²) in [6.07, 6.45) is 0.253. The molecule has 1 amide bonds. The first-order valence-corrected chi connectivity index (χ1v) is 5.75. The van der Waals surface area contributed by atoms with Crippen LogP contribution >= 0.6 is 11.6 Å². The Kier molecular flexibility index (Phi) is 3.39. The second-order valence-corrected chi connectivity index (χ2v) is 4.63. The van der Waals surface area contributed by atoms with Gasteiger partial charge in [-0.05, 0) is 18.6 Å². The largest absolute Gasteiger partial charge is 0.481 e. The quantitative estimate of drug-likeness (QED) is 0.648. The van der Waals surface area contributed by atoms with Gasteiger partial charge in [-0.2, -0.15) is 0 Å². The molecule has 2 atom stereocenters. The summed E-state index contributed by atoms with van der Waals surface area (Å²) in [6.45, 7) is 0. The summed E-state index contributed by atoms with van der Waals surface area (Å²) >= 11 is 5.64. The van der Waals surface area contributed by atoms with E-state index in [1.165, 1.54) is 12.1 Å². The van der Waals surface area contributed by atoms with Gasteiger partial charge in [-0.3, -0.25) is 19.7 Å². The van der Waals surface area contributed by atoms with Crippen molar-refractivity contribution in [2.45, 2.75) is 6.42 Å². The normalized spacial score (nSPS) is 20.7. The fraction of sp³-hybridized carbons (Fsp3) is 0.273. The van der Waals surface area contributed by atoms with Gasteiger partial charge < -0.3 is 10.4 Å². The summed E-state index contributed by atoms with van der Waals surface area (Å²) in [6, 6.07) is 3.85. The molecule has 1 fully saturated rings. The summed E-state index contributed by atoms with van der Waals surface area (Å²) in [5.41, 5.74) is -0.316. The highest BCUT2D eigenvalue weighted by molar-refractivity contribution is 6.31. The molecule has 0 aliphatic heterocycles. The number of nitrogens with zero attached hydrogens (tertiary/aromatic N) is 1. The number of carboxylic acid groups (broad SMARTS) is 1. The molecule has 100 valence electrons. The topological polar surface area (TPSA) is 110 Å². The van der Waals surface area contributed by atoms with E-state index in [-0.39, 0.29) is 22.8 Å². The van der Waals surface area contributed by atoms with Crippen LogP contribution in [0.4, 0.5) is 11.4 Å². The third-order valence-corrected chi connectivity index (χ3v) is 3.09. The zero-order valence-corrected chi connectivity index (χ0v) is 10.3. The molecule has 0 heterocycles. The summed E-state index contributed by atoms with van der Waals surface area (Å²) in [5.74, 6) is -2.90. The average Bonchev–Trinajstić information content (AvgIpc) is 3.11. The number of nitro groups is 1. The van der Waals surface area contributed by atoms with Gasteiger partial charge in [-0.1, -0.05) is 11.6 Å². The molecular weight excluding hydrogens is 276 g/mol. The molecule has 0 spiro atoms. The third-order valence-electron chi connectivity index (χ3n) is 2.86. The highest BCUT2D eigenvalue weighted by atomic mass is 35.5. The number of amides is 1. The average molecular weight is 285 g/mol. The number of nitro benzene ring substituents is 1. The molecule has 2 unspecified atom stereocenters. The molecule has 2 rings (SSSR count). The Morgan fingerprint density at radius 2 is 2.11 bits per heavy atom. The lowest BCUT2D eigenvalue weighted by atomic mass is 10.2. The lowest BCUT2D eigenvalue weighted by Crippen LogP contribution is -2.17. The summed E-state index contributed by atoms with van der Waals surface area (Å²) in [7, 11) is 0. The van der Waals surface area contributed by atoms with E-state index < -0.39 is 28.6 Å². The molecule has 19 heavy (non-hydrogen) atoms. The van der Waals surface area contributed by atoms with Gasteiger partial charge >= 0.3 is 5.97 Å². The number of nitrogens with one attached hydrogen (secondary N) is 1. The fourth-order valence-electron chi connectivity index (χ4n) is 1.74. The highest BCUT2D eigenvalue weighted by Gasteiger charge is 2.48. The van der Waals surface area contributed by atoms with Gasteiger partial charge in [0.1, 0.15) is 5.69 Å².